The lowest BCUT2D eigenvalue weighted by Gasteiger charge is -2.16. The monoisotopic (exact) mass is 475 g/mol. The summed E-state index contributed by atoms with van der Waals surface area (Å²) in [7, 11) is 0. The maximum Gasteiger partial charge on any atom is 0.435 e. The van der Waals surface area contributed by atoms with E-state index >= 15 is 0 Å². The Labute approximate surface area is 191 Å². The van der Waals surface area contributed by atoms with Crippen LogP contribution in [0.1, 0.15) is 29.8 Å². The fourth-order valence-corrected chi connectivity index (χ4v) is 3.85. The first kappa shape index (κ1) is 22.8. The normalized spacial score (nSPS) is 12.7. The summed E-state index contributed by atoms with van der Waals surface area (Å²) in [6.07, 6.45) is -4.65. The van der Waals surface area contributed by atoms with Gasteiger partial charge >= 0.3 is 6.18 Å². The number of nitrogens with one attached hydrogen (secondary N) is 1. The molecule has 0 spiro atoms. The zero-order valence-electron chi connectivity index (χ0n) is 17.3. The Kier molecular flexibility index (Phi) is 6.12. The van der Waals surface area contributed by atoms with E-state index in [2.05, 4.69) is 10.4 Å². The van der Waals surface area contributed by atoms with E-state index in [0.717, 1.165) is 10.7 Å². The van der Waals surface area contributed by atoms with E-state index in [4.69, 9.17) is 11.6 Å². The Morgan fingerprint density at radius 1 is 1.06 bits per heavy atom. The average molecular weight is 476 g/mol. The van der Waals surface area contributed by atoms with E-state index in [1.165, 1.54) is 12.1 Å². The summed E-state index contributed by atoms with van der Waals surface area (Å²) < 4.78 is 55.1. The number of carbonyl (C=O) groups excluding carboxylic acids is 1. The minimum absolute atomic E-state index is 0.133. The lowest BCUT2D eigenvalue weighted by molar-refractivity contribution is -0.141. The quantitative estimate of drug-likeness (QED) is 0.346. The number of aromatic nitrogens is 2. The molecule has 0 saturated heterocycles. The summed E-state index contributed by atoms with van der Waals surface area (Å²) >= 11 is 5.98. The lowest BCUT2D eigenvalue weighted by atomic mass is 9.94. The van der Waals surface area contributed by atoms with Crippen LogP contribution in [0.15, 0.2) is 66.7 Å². The van der Waals surface area contributed by atoms with Gasteiger partial charge in [0.25, 0.3) is 0 Å². The third-order valence-corrected chi connectivity index (χ3v) is 5.57. The van der Waals surface area contributed by atoms with E-state index in [1.807, 2.05) is 0 Å². The molecule has 1 aromatic heterocycles. The number of hydrogen-bond donors (Lipinski definition) is 1. The number of nitrogens with zero attached hydrogens (tertiary/aromatic N) is 2. The summed E-state index contributed by atoms with van der Waals surface area (Å²) in [4.78, 5) is 12.9. The maximum atomic E-state index is 14.1. The second kappa shape index (κ2) is 8.86. The fraction of sp³-hybridized carbons (Fsp3) is 0.167. The smallest absolute Gasteiger partial charge is 0.350 e. The first-order chi connectivity index (χ1) is 15.6. The van der Waals surface area contributed by atoms with Gasteiger partial charge in [0, 0.05) is 10.4 Å². The zero-order valence-corrected chi connectivity index (χ0v) is 18.1. The van der Waals surface area contributed by atoms with E-state index in [1.54, 1.807) is 55.5 Å². The van der Waals surface area contributed by atoms with Crippen LogP contribution >= 0.6 is 11.6 Å². The molecule has 0 saturated carbocycles. The second-order valence-corrected chi connectivity index (χ2v) is 7.97. The minimum atomic E-state index is -4.65. The molecule has 1 heterocycles. The number of benzene rings is 3. The molecule has 4 aromatic rings. The molecule has 1 N–H and O–H groups in total. The van der Waals surface area contributed by atoms with Crippen molar-refractivity contribution in [2.45, 2.75) is 25.6 Å². The van der Waals surface area contributed by atoms with E-state index in [0.29, 0.717) is 27.0 Å². The molecule has 0 aliphatic carbocycles. The van der Waals surface area contributed by atoms with E-state index in [9.17, 15) is 22.4 Å². The third kappa shape index (κ3) is 4.71. The minimum Gasteiger partial charge on any atom is -0.350 e. The molecular weight excluding hydrogens is 458 g/mol. The van der Waals surface area contributed by atoms with Crippen molar-refractivity contribution >= 4 is 28.3 Å². The molecule has 1 atom stereocenters. The van der Waals surface area contributed by atoms with Crippen LogP contribution in [0.5, 0.6) is 0 Å². The molecule has 1 amide bonds. The van der Waals surface area contributed by atoms with Crippen LogP contribution in [0.2, 0.25) is 5.02 Å². The zero-order chi connectivity index (χ0) is 23.8. The van der Waals surface area contributed by atoms with Crippen LogP contribution < -0.4 is 5.32 Å². The molecule has 4 nitrogen and oxygen atoms in total. The highest BCUT2D eigenvalue weighted by atomic mass is 35.5. The number of fused-ring (bicyclic) bond motifs is 1. The van der Waals surface area contributed by atoms with Gasteiger partial charge in [-0.15, -0.1) is 0 Å². The molecule has 3 aromatic carbocycles. The van der Waals surface area contributed by atoms with Gasteiger partial charge in [-0.1, -0.05) is 48.0 Å². The Hall–Kier alpha value is -3.39. The third-order valence-electron chi connectivity index (χ3n) is 5.33. The number of amides is 1. The highest BCUT2D eigenvalue weighted by molar-refractivity contribution is 6.30. The van der Waals surface area contributed by atoms with Gasteiger partial charge in [-0.3, -0.25) is 4.79 Å². The predicted molar refractivity (Wildman–Crippen MR) is 118 cm³/mol. The van der Waals surface area contributed by atoms with E-state index < -0.39 is 29.5 Å². The number of hydrogen-bond acceptors (Lipinski definition) is 2. The van der Waals surface area contributed by atoms with Gasteiger partial charge in [0.2, 0.25) is 5.91 Å². The summed E-state index contributed by atoms with van der Waals surface area (Å²) in [5.41, 5.74) is 0.00191. The molecule has 0 fully saturated rings. The standard InChI is InChI=1S/C24H18ClF4N3O/c1-14(18-7-3-9-20-19(18)8-4-10-21(20)26)23(33)30-13-17-12-22(24(27,28)29)31-32(17)16-6-2-5-15(25)11-16/h2-12,14H,13H2,1H3,(H,30,33). The van der Waals surface area contributed by atoms with Crippen molar-refractivity contribution in [2.75, 3.05) is 0 Å². The van der Waals surface area contributed by atoms with E-state index in [-0.39, 0.29) is 12.2 Å². The number of carbonyl (C=O) groups is 1. The van der Waals surface area contributed by atoms with Gasteiger partial charge in [0.05, 0.1) is 23.8 Å². The molecule has 1 unspecified atom stereocenters. The topological polar surface area (TPSA) is 46.9 Å². The fourth-order valence-electron chi connectivity index (χ4n) is 3.66. The molecule has 0 aliphatic rings. The average Bonchev–Trinajstić information content (AvgIpc) is 3.22. The van der Waals surface area contributed by atoms with Crippen molar-refractivity contribution in [3.8, 4) is 5.69 Å². The van der Waals surface area contributed by atoms with Crippen molar-refractivity contribution in [3.63, 3.8) is 0 Å². The number of rotatable bonds is 5. The predicted octanol–water partition coefficient (Wildman–Crippen LogP) is 6.26. The van der Waals surface area contributed by atoms with Crippen LogP contribution in [0, 0.1) is 5.82 Å². The van der Waals surface area contributed by atoms with Crippen molar-refractivity contribution in [1.29, 1.82) is 0 Å². The van der Waals surface area contributed by atoms with Gasteiger partial charge in [0.1, 0.15) is 5.82 Å². The summed E-state index contributed by atoms with van der Waals surface area (Å²) in [6, 6.07) is 16.8. The van der Waals surface area contributed by atoms with Gasteiger partial charge in [-0.2, -0.15) is 18.3 Å². The molecule has 4 rings (SSSR count). The van der Waals surface area contributed by atoms with Gasteiger partial charge < -0.3 is 5.32 Å². The highest BCUT2D eigenvalue weighted by Gasteiger charge is 2.35. The first-order valence-corrected chi connectivity index (χ1v) is 10.4. The number of halogens is 5. The van der Waals surface area contributed by atoms with Crippen LogP contribution in [-0.2, 0) is 17.5 Å². The van der Waals surface area contributed by atoms with Crippen molar-refractivity contribution in [1.82, 2.24) is 15.1 Å². The van der Waals surface area contributed by atoms with Crippen molar-refractivity contribution < 1.29 is 22.4 Å². The van der Waals surface area contributed by atoms with Crippen molar-refractivity contribution in [2.24, 2.45) is 0 Å². The Morgan fingerprint density at radius 2 is 1.76 bits per heavy atom. The van der Waals surface area contributed by atoms with Gasteiger partial charge in [0.15, 0.2) is 5.69 Å². The molecule has 0 aliphatic heterocycles. The highest BCUT2D eigenvalue weighted by Crippen LogP contribution is 2.31. The molecular formula is C24H18ClF4N3O. The Balaban J connectivity index is 1.61. The molecule has 0 bridgehead atoms. The summed E-state index contributed by atoms with van der Waals surface area (Å²) in [5.74, 6) is -1.48. The molecule has 33 heavy (non-hydrogen) atoms. The largest absolute Gasteiger partial charge is 0.435 e. The molecule has 9 heteroatoms. The molecule has 0 radical (unpaired) electrons. The SMILES string of the molecule is CC(C(=O)NCc1cc(C(F)(F)F)nn1-c1cccc(Cl)c1)c1cccc2c(F)cccc12. The summed E-state index contributed by atoms with van der Waals surface area (Å²) in [5, 5.41) is 7.67. The van der Waals surface area contributed by atoms with Crippen LogP contribution in [0.3, 0.4) is 0 Å². The molecule has 170 valence electrons. The first-order valence-electron chi connectivity index (χ1n) is 10.0. The van der Waals surface area contributed by atoms with Crippen LogP contribution in [0.4, 0.5) is 17.6 Å². The van der Waals surface area contributed by atoms with Crippen molar-refractivity contribution in [3.05, 3.63) is 94.5 Å². The van der Waals surface area contributed by atoms with Gasteiger partial charge in [-0.05, 0) is 48.2 Å². The number of alkyl halides is 3. The Bertz CT molecular complexity index is 1330. The Morgan fingerprint density at radius 3 is 2.48 bits per heavy atom. The summed E-state index contributed by atoms with van der Waals surface area (Å²) in [6.45, 7) is 1.46. The maximum absolute atomic E-state index is 14.1. The van der Waals surface area contributed by atoms with Crippen LogP contribution in [-0.4, -0.2) is 15.7 Å². The van der Waals surface area contributed by atoms with Gasteiger partial charge in [-0.25, -0.2) is 9.07 Å². The second-order valence-electron chi connectivity index (χ2n) is 7.53. The van der Waals surface area contributed by atoms with Crippen LogP contribution in [0.25, 0.3) is 16.5 Å². The lowest BCUT2D eigenvalue weighted by Crippen LogP contribution is -2.28.